The Labute approximate surface area is 251 Å². The van der Waals surface area contributed by atoms with Crippen molar-refractivity contribution in [1.29, 1.82) is 0 Å². The van der Waals surface area contributed by atoms with Crippen LogP contribution in [0.2, 0.25) is 0 Å². The van der Waals surface area contributed by atoms with Crippen LogP contribution in [0, 0.1) is 6.92 Å². The number of benzene rings is 4. The summed E-state index contributed by atoms with van der Waals surface area (Å²) in [5.41, 5.74) is 5.30. The van der Waals surface area contributed by atoms with Crippen LogP contribution in [0.1, 0.15) is 28.3 Å². The van der Waals surface area contributed by atoms with Gasteiger partial charge in [-0.1, -0.05) is 66.2 Å². The lowest BCUT2D eigenvalue weighted by molar-refractivity contribution is -0.139. The Balaban J connectivity index is 1.33. The highest BCUT2D eigenvalue weighted by Crippen LogP contribution is 2.37. The zero-order valence-corrected chi connectivity index (χ0v) is 24.2. The zero-order chi connectivity index (χ0) is 29.6. The SMILES string of the molecule is Cc1ccc(CN(C(=O)Cc2ccccc2)C(C(=O)Nc2ccc(N3CCOCC3)cc2)c2ccc3c(c2)OCO3)cc1. The van der Waals surface area contributed by atoms with E-state index in [1.165, 1.54) is 0 Å². The van der Waals surface area contributed by atoms with Crippen LogP contribution in [0.15, 0.2) is 97.1 Å². The van der Waals surface area contributed by atoms with E-state index in [2.05, 4.69) is 10.2 Å². The highest BCUT2D eigenvalue weighted by molar-refractivity contribution is 5.98. The van der Waals surface area contributed by atoms with E-state index in [0.717, 1.165) is 35.5 Å². The second-order valence-electron chi connectivity index (χ2n) is 10.8. The first kappa shape index (κ1) is 28.3. The van der Waals surface area contributed by atoms with Gasteiger partial charge < -0.3 is 29.3 Å². The minimum atomic E-state index is -0.925. The maximum absolute atomic E-state index is 14.2. The molecule has 0 saturated carbocycles. The molecule has 8 nitrogen and oxygen atoms in total. The Hall–Kier alpha value is -4.82. The number of morpholine rings is 1. The third kappa shape index (κ3) is 6.81. The van der Waals surface area contributed by atoms with E-state index in [9.17, 15) is 9.59 Å². The zero-order valence-electron chi connectivity index (χ0n) is 24.2. The largest absolute Gasteiger partial charge is 0.454 e. The molecule has 4 aromatic rings. The first-order chi connectivity index (χ1) is 21.0. The number of hydrogen-bond acceptors (Lipinski definition) is 6. The Morgan fingerprint density at radius 2 is 1.56 bits per heavy atom. The van der Waals surface area contributed by atoms with E-state index >= 15 is 0 Å². The molecule has 0 bridgehead atoms. The van der Waals surface area contributed by atoms with Crippen LogP contribution in [0.5, 0.6) is 11.5 Å². The second kappa shape index (κ2) is 13.0. The first-order valence-corrected chi connectivity index (χ1v) is 14.6. The smallest absolute Gasteiger partial charge is 0.251 e. The molecule has 0 spiro atoms. The highest BCUT2D eigenvalue weighted by Gasteiger charge is 2.33. The fourth-order valence-corrected chi connectivity index (χ4v) is 5.43. The van der Waals surface area contributed by atoms with E-state index in [1.807, 2.05) is 91.9 Å². The molecule has 1 saturated heterocycles. The van der Waals surface area contributed by atoms with Crippen molar-refractivity contribution in [2.45, 2.75) is 25.9 Å². The lowest BCUT2D eigenvalue weighted by atomic mass is 10.0. The molecule has 2 aliphatic rings. The van der Waals surface area contributed by atoms with E-state index in [-0.39, 0.29) is 31.6 Å². The molecule has 2 aliphatic heterocycles. The molecule has 8 heteroatoms. The van der Waals surface area contributed by atoms with Crippen LogP contribution in [0.3, 0.4) is 0 Å². The van der Waals surface area contributed by atoms with Gasteiger partial charge in [0.2, 0.25) is 12.7 Å². The highest BCUT2D eigenvalue weighted by atomic mass is 16.7. The summed E-state index contributed by atoms with van der Waals surface area (Å²) in [5, 5.41) is 3.08. The summed E-state index contributed by atoms with van der Waals surface area (Å²) in [7, 11) is 0. The minimum Gasteiger partial charge on any atom is -0.454 e. The molecule has 0 aromatic heterocycles. The van der Waals surface area contributed by atoms with Gasteiger partial charge in [-0.25, -0.2) is 0 Å². The third-order valence-electron chi connectivity index (χ3n) is 7.78. The van der Waals surface area contributed by atoms with Crippen LogP contribution in [-0.4, -0.2) is 49.8 Å². The predicted molar refractivity (Wildman–Crippen MR) is 165 cm³/mol. The van der Waals surface area contributed by atoms with E-state index in [0.29, 0.717) is 36.0 Å². The lowest BCUT2D eigenvalue weighted by Crippen LogP contribution is -2.41. The Morgan fingerprint density at radius 1 is 0.837 bits per heavy atom. The lowest BCUT2D eigenvalue weighted by Gasteiger charge is -2.32. The maximum atomic E-state index is 14.2. The van der Waals surface area contributed by atoms with Gasteiger partial charge in [-0.3, -0.25) is 9.59 Å². The Kier molecular flexibility index (Phi) is 8.56. The number of fused-ring (bicyclic) bond motifs is 1. The van der Waals surface area contributed by atoms with Crippen LogP contribution in [0.4, 0.5) is 11.4 Å². The normalized spacial score (nSPS) is 14.7. The summed E-state index contributed by atoms with van der Waals surface area (Å²) in [5.74, 6) is 0.692. The van der Waals surface area contributed by atoms with E-state index < -0.39 is 6.04 Å². The van der Waals surface area contributed by atoms with Crippen molar-refractivity contribution in [3.05, 3.63) is 119 Å². The number of ether oxygens (including phenoxy) is 3. The van der Waals surface area contributed by atoms with Crippen LogP contribution in [0.25, 0.3) is 0 Å². The molecule has 2 amide bonds. The molecule has 2 heterocycles. The maximum Gasteiger partial charge on any atom is 0.251 e. The molecule has 1 N–H and O–H groups in total. The average Bonchev–Trinajstić information content (AvgIpc) is 3.51. The number of anilines is 2. The number of carbonyl (C=O) groups is 2. The van der Waals surface area contributed by atoms with Gasteiger partial charge in [0.15, 0.2) is 11.5 Å². The van der Waals surface area contributed by atoms with Crippen molar-refractivity contribution in [3.8, 4) is 11.5 Å². The fourth-order valence-electron chi connectivity index (χ4n) is 5.43. The molecular formula is C35H35N3O5. The third-order valence-corrected chi connectivity index (χ3v) is 7.78. The van der Waals surface area contributed by atoms with E-state index in [1.54, 1.807) is 17.0 Å². The van der Waals surface area contributed by atoms with Gasteiger partial charge in [0.1, 0.15) is 6.04 Å². The number of nitrogens with zero attached hydrogens (tertiary/aromatic N) is 2. The Bertz CT molecular complexity index is 1550. The van der Waals surface area contributed by atoms with Crippen LogP contribution in [-0.2, 0) is 27.3 Å². The summed E-state index contributed by atoms with van der Waals surface area (Å²) in [4.78, 5) is 32.2. The van der Waals surface area contributed by atoms with Gasteiger partial charge in [0, 0.05) is 31.0 Å². The van der Waals surface area contributed by atoms with Gasteiger partial charge >= 0.3 is 0 Å². The van der Waals surface area contributed by atoms with E-state index in [4.69, 9.17) is 14.2 Å². The summed E-state index contributed by atoms with van der Waals surface area (Å²) in [6.07, 6.45) is 0.162. The molecule has 6 rings (SSSR count). The summed E-state index contributed by atoms with van der Waals surface area (Å²) in [6.45, 7) is 5.45. The molecule has 1 fully saturated rings. The summed E-state index contributed by atoms with van der Waals surface area (Å²) < 4.78 is 16.7. The number of aryl methyl sites for hydroxylation is 1. The molecule has 4 aromatic carbocycles. The van der Waals surface area contributed by atoms with Gasteiger partial charge in [-0.2, -0.15) is 0 Å². The van der Waals surface area contributed by atoms with Crippen LogP contribution >= 0.6 is 0 Å². The number of rotatable bonds is 9. The molecule has 220 valence electrons. The van der Waals surface area contributed by atoms with Crippen molar-refractivity contribution >= 4 is 23.2 Å². The minimum absolute atomic E-state index is 0.116. The van der Waals surface area contributed by atoms with Crippen LogP contribution < -0.4 is 19.7 Å². The summed E-state index contributed by atoms with van der Waals surface area (Å²) in [6, 6.07) is 29.9. The van der Waals surface area contributed by atoms with Crippen molar-refractivity contribution in [2.75, 3.05) is 43.3 Å². The molecule has 1 atom stereocenters. The average molecular weight is 578 g/mol. The van der Waals surface area contributed by atoms with Crippen molar-refractivity contribution in [3.63, 3.8) is 0 Å². The topological polar surface area (TPSA) is 80.3 Å². The first-order valence-electron chi connectivity index (χ1n) is 14.6. The molecule has 1 unspecified atom stereocenters. The number of carbonyl (C=O) groups excluding carboxylic acids is 2. The summed E-state index contributed by atoms with van der Waals surface area (Å²) >= 11 is 0. The molecule has 0 aliphatic carbocycles. The monoisotopic (exact) mass is 577 g/mol. The molecule has 43 heavy (non-hydrogen) atoms. The van der Waals surface area contributed by atoms with Crippen molar-refractivity contribution in [1.82, 2.24) is 4.90 Å². The Morgan fingerprint density at radius 3 is 2.30 bits per heavy atom. The van der Waals surface area contributed by atoms with Gasteiger partial charge in [-0.05, 0) is 60.0 Å². The van der Waals surface area contributed by atoms with Crippen molar-refractivity contribution < 1.29 is 23.8 Å². The predicted octanol–water partition coefficient (Wildman–Crippen LogP) is 5.51. The fraction of sp³-hybridized carbons (Fsp3) is 0.257. The van der Waals surface area contributed by atoms with Crippen molar-refractivity contribution in [2.24, 2.45) is 0 Å². The standard InChI is InChI=1S/C35H35N3O5/c1-25-7-9-27(10-8-25)23-38(33(39)21-26-5-3-2-4-6-26)34(28-11-16-31-32(22-28)43-24-42-31)35(40)36-29-12-14-30(15-13-29)37-17-19-41-20-18-37/h2-16,22,34H,17-21,23-24H2,1H3,(H,36,40). The molecule has 0 radical (unpaired) electrons. The molecular weight excluding hydrogens is 542 g/mol. The quantitative estimate of drug-likeness (QED) is 0.283. The number of nitrogens with one attached hydrogen (secondary N) is 1. The van der Waals surface area contributed by atoms with Gasteiger partial charge in [-0.15, -0.1) is 0 Å². The van der Waals surface area contributed by atoms with Gasteiger partial charge in [0.25, 0.3) is 5.91 Å². The van der Waals surface area contributed by atoms with Gasteiger partial charge in [0.05, 0.1) is 19.6 Å². The number of hydrogen-bond donors (Lipinski definition) is 1. The number of amides is 2. The second-order valence-corrected chi connectivity index (χ2v) is 10.8.